The van der Waals surface area contributed by atoms with Crippen LogP contribution in [0.25, 0.3) is 27.7 Å². The first-order valence-electron chi connectivity index (χ1n) is 8.83. The van der Waals surface area contributed by atoms with Crippen molar-refractivity contribution >= 4 is 16.4 Å². The molecule has 0 aliphatic carbocycles. The summed E-state index contributed by atoms with van der Waals surface area (Å²) >= 11 is 0. The van der Waals surface area contributed by atoms with Crippen LogP contribution in [0.5, 0.6) is 0 Å². The molecule has 2 heterocycles. The predicted octanol–water partition coefficient (Wildman–Crippen LogP) is 2.37. The Morgan fingerprint density at radius 1 is 0.840 bits per heavy atom. The van der Waals surface area contributed by atoms with Crippen molar-refractivity contribution in [2.75, 3.05) is 13.1 Å². The van der Waals surface area contributed by atoms with E-state index < -0.39 is 0 Å². The maximum atomic E-state index is 4.93. The molecule has 1 N–H and O–H groups in total. The maximum Gasteiger partial charge on any atom is 0.209 e. The van der Waals surface area contributed by atoms with Gasteiger partial charge in [0.2, 0.25) is 5.82 Å². The fourth-order valence-electron chi connectivity index (χ4n) is 3.27. The number of hydrogen-bond acceptors (Lipinski definition) is 3. The maximum absolute atomic E-state index is 4.93. The van der Waals surface area contributed by atoms with Crippen molar-refractivity contribution in [2.24, 2.45) is 0 Å². The van der Waals surface area contributed by atoms with E-state index in [9.17, 15) is 0 Å². The van der Waals surface area contributed by atoms with E-state index in [1.54, 1.807) is 0 Å². The Hall–Kier alpha value is -2.79. The van der Waals surface area contributed by atoms with Gasteiger partial charge in [0.25, 0.3) is 0 Å². The number of quaternary nitrogens is 1. The van der Waals surface area contributed by atoms with Gasteiger partial charge in [-0.05, 0) is 13.8 Å². The zero-order chi connectivity index (χ0) is 17.2. The lowest BCUT2D eigenvalue weighted by Gasteiger charge is -2.14. The van der Waals surface area contributed by atoms with Gasteiger partial charge < -0.3 is 4.90 Å². The minimum absolute atomic E-state index is 0.827. The molecule has 4 aromatic rings. The van der Waals surface area contributed by atoms with E-state index in [4.69, 9.17) is 5.10 Å². The quantitative estimate of drug-likeness (QED) is 0.610. The normalized spacial score (nSPS) is 11.6. The zero-order valence-electron chi connectivity index (χ0n) is 14.6. The molecule has 0 saturated carbocycles. The standard InChI is InChI=1S/C20H21N5/c1-3-24(4-2)14-18-21-22-20-17-13-9-8-12-16(17)19(23-25(18)20)15-10-6-5-7-11-15/h5-13H,3-4,14H2,1-2H3/p+1. The largest absolute Gasteiger partial charge is 0.329 e. The minimum atomic E-state index is 0.827. The van der Waals surface area contributed by atoms with Crippen molar-refractivity contribution in [3.05, 3.63) is 60.4 Å². The van der Waals surface area contributed by atoms with E-state index in [-0.39, 0.29) is 0 Å². The molecule has 25 heavy (non-hydrogen) atoms. The molecular formula is C20H22N5+. The van der Waals surface area contributed by atoms with E-state index in [1.165, 1.54) is 4.90 Å². The highest BCUT2D eigenvalue weighted by molar-refractivity contribution is 6.01. The average molecular weight is 332 g/mol. The van der Waals surface area contributed by atoms with Crippen molar-refractivity contribution in [1.29, 1.82) is 0 Å². The third-order valence-corrected chi connectivity index (χ3v) is 4.78. The summed E-state index contributed by atoms with van der Waals surface area (Å²) in [5, 5.41) is 16.0. The molecule has 5 heteroatoms. The highest BCUT2D eigenvalue weighted by atomic mass is 15.4. The van der Waals surface area contributed by atoms with E-state index in [2.05, 4.69) is 48.3 Å². The molecule has 5 nitrogen and oxygen atoms in total. The highest BCUT2D eigenvalue weighted by Gasteiger charge is 2.17. The van der Waals surface area contributed by atoms with E-state index in [1.807, 2.05) is 34.8 Å². The Kier molecular flexibility index (Phi) is 4.15. The Labute approximate surface area is 146 Å². The lowest BCUT2D eigenvalue weighted by molar-refractivity contribution is -0.911. The number of fused-ring (bicyclic) bond motifs is 3. The van der Waals surface area contributed by atoms with Gasteiger partial charge in [-0.15, -0.1) is 10.2 Å². The zero-order valence-corrected chi connectivity index (χ0v) is 14.6. The lowest BCUT2D eigenvalue weighted by Crippen LogP contribution is -3.10. The Bertz CT molecular complexity index is 1000. The van der Waals surface area contributed by atoms with Gasteiger partial charge in [-0.3, -0.25) is 0 Å². The molecule has 0 aliphatic rings. The molecule has 0 fully saturated rings. The first-order valence-corrected chi connectivity index (χ1v) is 8.83. The first kappa shape index (κ1) is 15.7. The predicted molar refractivity (Wildman–Crippen MR) is 99.5 cm³/mol. The number of nitrogens with zero attached hydrogens (tertiary/aromatic N) is 4. The summed E-state index contributed by atoms with van der Waals surface area (Å²) in [5.74, 6) is 0.914. The molecule has 2 aromatic heterocycles. The lowest BCUT2D eigenvalue weighted by atomic mass is 10.1. The van der Waals surface area contributed by atoms with Crippen molar-refractivity contribution in [1.82, 2.24) is 19.8 Å². The van der Waals surface area contributed by atoms with E-state index >= 15 is 0 Å². The van der Waals surface area contributed by atoms with Gasteiger partial charge in [-0.2, -0.15) is 9.61 Å². The van der Waals surface area contributed by atoms with Crippen LogP contribution in [0.2, 0.25) is 0 Å². The van der Waals surface area contributed by atoms with Crippen LogP contribution in [0.1, 0.15) is 19.7 Å². The molecular weight excluding hydrogens is 310 g/mol. The molecule has 0 amide bonds. The van der Waals surface area contributed by atoms with Gasteiger partial charge in [-0.25, -0.2) is 0 Å². The molecule has 126 valence electrons. The van der Waals surface area contributed by atoms with Crippen LogP contribution in [0.15, 0.2) is 54.6 Å². The second-order valence-corrected chi connectivity index (χ2v) is 6.25. The molecule has 0 unspecified atom stereocenters. The Morgan fingerprint density at radius 3 is 2.24 bits per heavy atom. The SMILES string of the molecule is CC[NH+](CC)Cc1nnc2c3ccccc3c(-c3ccccc3)nn12. The van der Waals surface area contributed by atoms with Crippen molar-refractivity contribution in [3.63, 3.8) is 0 Å². The summed E-state index contributed by atoms with van der Waals surface area (Å²) in [4.78, 5) is 1.46. The monoisotopic (exact) mass is 332 g/mol. The van der Waals surface area contributed by atoms with E-state index in [0.29, 0.717) is 0 Å². The number of hydrogen-bond donors (Lipinski definition) is 1. The number of nitrogens with one attached hydrogen (secondary N) is 1. The molecule has 0 radical (unpaired) electrons. The van der Waals surface area contributed by atoms with Gasteiger partial charge in [0.15, 0.2) is 5.65 Å². The molecule has 0 bridgehead atoms. The summed E-state index contributed by atoms with van der Waals surface area (Å²) in [6, 6.07) is 18.6. The van der Waals surface area contributed by atoms with Crippen molar-refractivity contribution < 1.29 is 4.90 Å². The minimum Gasteiger partial charge on any atom is -0.329 e. The van der Waals surface area contributed by atoms with Crippen molar-refractivity contribution in [3.8, 4) is 11.3 Å². The van der Waals surface area contributed by atoms with E-state index in [0.717, 1.165) is 53.1 Å². The van der Waals surface area contributed by atoms with Crippen LogP contribution in [-0.2, 0) is 6.54 Å². The second kappa shape index (κ2) is 6.61. The van der Waals surface area contributed by atoms with Gasteiger partial charge >= 0.3 is 0 Å². The first-order chi connectivity index (χ1) is 12.3. The highest BCUT2D eigenvalue weighted by Crippen LogP contribution is 2.28. The Morgan fingerprint density at radius 2 is 1.52 bits per heavy atom. The van der Waals surface area contributed by atoms with Gasteiger partial charge in [-0.1, -0.05) is 54.6 Å². The number of aromatic nitrogens is 4. The topological polar surface area (TPSA) is 47.5 Å². The third kappa shape index (κ3) is 2.76. The summed E-state index contributed by atoms with van der Waals surface area (Å²) in [5.41, 5.74) is 2.91. The van der Waals surface area contributed by atoms with Gasteiger partial charge in [0, 0.05) is 16.3 Å². The molecule has 0 spiro atoms. The number of benzene rings is 2. The van der Waals surface area contributed by atoms with Crippen LogP contribution < -0.4 is 4.90 Å². The summed E-state index contributed by atoms with van der Waals surface area (Å²) in [6.45, 7) is 7.34. The molecule has 4 rings (SSSR count). The Balaban J connectivity index is 1.97. The second-order valence-electron chi connectivity index (χ2n) is 6.25. The molecule has 2 aromatic carbocycles. The van der Waals surface area contributed by atoms with Gasteiger partial charge in [0.1, 0.15) is 6.54 Å². The van der Waals surface area contributed by atoms with Crippen LogP contribution >= 0.6 is 0 Å². The molecule has 0 atom stereocenters. The van der Waals surface area contributed by atoms with Gasteiger partial charge in [0.05, 0.1) is 18.8 Å². The molecule has 0 saturated heterocycles. The fraction of sp³-hybridized carbons (Fsp3) is 0.250. The van der Waals surface area contributed by atoms with Crippen molar-refractivity contribution in [2.45, 2.75) is 20.4 Å². The third-order valence-electron chi connectivity index (χ3n) is 4.78. The summed E-state index contributed by atoms with van der Waals surface area (Å²) in [7, 11) is 0. The van der Waals surface area contributed by atoms with Crippen LogP contribution in [-0.4, -0.2) is 32.9 Å². The smallest absolute Gasteiger partial charge is 0.209 e. The summed E-state index contributed by atoms with van der Waals surface area (Å²) < 4.78 is 1.93. The molecule has 0 aliphatic heterocycles. The average Bonchev–Trinajstić information content (AvgIpc) is 3.09. The van der Waals surface area contributed by atoms with Crippen LogP contribution in [0.3, 0.4) is 0 Å². The number of rotatable bonds is 5. The van der Waals surface area contributed by atoms with Crippen LogP contribution in [0.4, 0.5) is 0 Å². The fourth-order valence-corrected chi connectivity index (χ4v) is 3.27. The van der Waals surface area contributed by atoms with Crippen LogP contribution in [0, 0.1) is 0 Å². The summed E-state index contributed by atoms with van der Waals surface area (Å²) in [6.07, 6.45) is 0.